The van der Waals surface area contributed by atoms with Gasteiger partial charge in [0.1, 0.15) is 0 Å². The summed E-state index contributed by atoms with van der Waals surface area (Å²) in [4.78, 5) is 0. The second-order valence-corrected chi connectivity index (χ2v) is 13.7. The van der Waals surface area contributed by atoms with Crippen LogP contribution in [0.15, 0.2) is 0 Å². The van der Waals surface area contributed by atoms with Gasteiger partial charge in [-0.1, -0.05) is 61.3 Å². The minimum atomic E-state index is -0.0435. The highest BCUT2D eigenvalue weighted by Crippen LogP contribution is 2.69. The van der Waals surface area contributed by atoms with Crippen molar-refractivity contribution in [2.24, 2.45) is 64.1 Å². The van der Waals surface area contributed by atoms with Crippen molar-refractivity contribution < 1.29 is 5.11 Å². The van der Waals surface area contributed by atoms with Crippen molar-refractivity contribution >= 4 is 0 Å². The first kappa shape index (κ1) is 24.1. The first-order chi connectivity index (χ1) is 14.6. The summed E-state index contributed by atoms with van der Waals surface area (Å²) in [6, 6.07) is 0. The maximum Gasteiger partial charge on any atom is 0.0568 e. The van der Waals surface area contributed by atoms with Crippen molar-refractivity contribution in [2.45, 2.75) is 125 Å². The van der Waals surface area contributed by atoms with E-state index in [1.807, 2.05) is 0 Å². The van der Waals surface area contributed by atoms with Crippen molar-refractivity contribution in [1.29, 1.82) is 0 Å². The summed E-state index contributed by atoms with van der Waals surface area (Å²) in [5.41, 5.74) is 1.10. The fourth-order valence-electron chi connectivity index (χ4n) is 10.4. The summed E-state index contributed by atoms with van der Waals surface area (Å²) < 4.78 is 0. The second kappa shape index (κ2) is 8.96. The normalized spacial score (nSPS) is 49.3. The summed E-state index contributed by atoms with van der Waals surface area (Å²) in [6.07, 6.45) is 15.3. The molecule has 4 rings (SSSR count). The molecule has 4 aliphatic carbocycles. The molecule has 0 aromatic rings. The Kier molecular flexibility index (Phi) is 6.96. The van der Waals surface area contributed by atoms with Crippen LogP contribution in [0, 0.1) is 64.1 Å². The summed E-state index contributed by atoms with van der Waals surface area (Å²) in [6.45, 7) is 17.6. The Morgan fingerprint density at radius 3 is 2.13 bits per heavy atom. The first-order valence-corrected chi connectivity index (χ1v) is 14.3. The van der Waals surface area contributed by atoms with E-state index in [0.29, 0.717) is 16.7 Å². The second-order valence-electron chi connectivity index (χ2n) is 13.7. The lowest BCUT2D eigenvalue weighted by molar-refractivity contribution is -0.149. The van der Waals surface area contributed by atoms with E-state index in [-0.39, 0.29) is 6.10 Å². The quantitative estimate of drug-likeness (QED) is 0.449. The Hall–Kier alpha value is -0.0400. The van der Waals surface area contributed by atoms with Crippen LogP contribution in [0.3, 0.4) is 0 Å². The van der Waals surface area contributed by atoms with E-state index in [4.69, 9.17) is 0 Å². The minimum Gasteiger partial charge on any atom is -0.393 e. The highest BCUT2D eigenvalue weighted by molar-refractivity contribution is 5.10. The highest BCUT2D eigenvalue weighted by atomic mass is 16.3. The number of fused-ring (bicyclic) bond motifs is 5. The Balaban J connectivity index is 1.46. The highest BCUT2D eigenvalue weighted by Gasteiger charge is 2.61. The van der Waals surface area contributed by atoms with Crippen LogP contribution in [0.2, 0.25) is 0 Å². The Bertz CT molecular complexity index is 612. The van der Waals surface area contributed by atoms with Gasteiger partial charge in [0.25, 0.3) is 0 Å². The fraction of sp³-hybridized carbons (Fsp3) is 1.00. The number of rotatable bonds is 6. The molecule has 0 aromatic heterocycles. The molecular formula is C30H54O. The van der Waals surface area contributed by atoms with E-state index in [1.54, 1.807) is 0 Å². The molecule has 0 aromatic carbocycles. The number of aliphatic hydroxyl groups excluding tert-OH is 1. The smallest absolute Gasteiger partial charge is 0.0568 e. The van der Waals surface area contributed by atoms with E-state index >= 15 is 0 Å². The van der Waals surface area contributed by atoms with Crippen LogP contribution in [0.25, 0.3) is 0 Å². The van der Waals surface area contributed by atoms with Gasteiger partial charge in [-0.15, -0.1) is 0 Å². The molecule has 0 saturated heterocycles. The molecule has 0 bridgehead atoms. The zero-order chi connectivity index (χ0) is 22.6. The van der Waals surface area contributed by atoms with E-state index in [9.17, 15) is 5.11 Å². The van der Waals surface area contributed by atoms with E-state index in [0.717, 1.165) is 53.8 Å². The lowest BCUT2D eigenvalue weighted by atomic mass is 9.43. The lowest BCUT2D eigenvalue weighted by Gasteiger charge is -2.62. The molecule has 180 valence electrons. The monoisotopic (exact) mass is 430 g/mol. The van der Waals surface area contributed by atoms with Gasteiger partial charge in [0.2, 0.25) is 0 Å². The maximum absolute atomic E-state index is 10.6. The summed E-state index contributed by atoms with van der Waals surface area (Å²) in [5, 5.41) is 10.6. The van der Waals surface area contributed by atoms with Crippen LogP contribution in [-0.2, 0) is 0 Å². The van der Waals surface area contributed by atoms with Gasteiger partial charge in [0.05, 0.1) is 6.10 Å². The molecule has 0 radical (unpaired) electrons. The van der Waals surface area contributed by atoms with Crippen molar-refractivity contribution in [1.82, 2.24) is 0 Å². The van der Waals surface area contributed by atoms with Gasteiger partial charge in [-0.25, -0.2) is 0 Å². The maximum atomic E-state index is 10.6. The third kappa shape index (κ3) is 3.95. The van der Waals surface area contributed by atoms with E-state index in [2.05, 4.69) is 48.5 Å². The third-order valence-corrected chi connectivity index (χ3v) is 12.4. The van der Waals surface area contributed by atoms with Crippen molar-refractivity contribution in [2.75, 3.05) is 0 Å². The molecule has 31 heavy (non-hydrogen) atoms. The van der Waals surface area contributed by atoms with Gasteiger partial charge in [-0.2, -0.15) is 0 Å². The Morgan fingerprint density at radius 1 is 0.806 bits per heavy atom. The Morgan fingerprint density at radius 2 is 1.45 bits per heavy atom. The van der Waals surface area contributed by atoms with Gasteiger partial charge in [0.15, 0.2) is 0 Å². The largest absolute Gasteiger partial charge is 0.393 e. The predicted octanol–water partition coefficient (Wildman–Crippen LogP) is 8.35. The van der Waals surface area contributed by atoms with Crippen molar-refractivity contribution in [3.63, 3.8) is 0 Å². The molecule has 1 N–H and O–H groups in total. The predicted molar refractivity (Wildman–Crippen MR) is 133 cm³/mol. The summed E-state index contributed by atoms with van der Waals surface area (Å²) >= 11 is 0. The van der Waals surface area contributed by atoms with E-state index in [1.165, 1.54) is 64.2 Å². The molecule has 0 aliphatic heterocycles. The zero-order valence-corrected chi connectivity index (χ0v) is 22.0. The topological polar surface area (TPSA) is 20.2 Å². The summed E-state index contributed by atoms with van der Waals surface area (Å²) in [5.74, 6) is 7.77. The molecule has 1 heteroatoms. The van der Waals surface area contributed by atoms with Crippen molar-refractivity contribution in [3.8, 4) is 0 Å². The average molecular weight is 431 g/mol. The van der Waals surface area contributed by atoms with Gasteiger partial charge in [0, 0.05) is 0 Å². The SMILES string of the molecule is CC[C@H](CC[C@@H](C)[C@H]1CC[C@@H]2[C@H]3CC[C@H]4[C@H](C)[C@@H](O)CC[C@]4(C)[C@H]3CC[C@@]21C)C(C)C. The van der Waals surface area contributed by atoms with Crippen LogP contribution in [0.4, 0.5) is 0 Å². The Labute approximate surface area is 194 Å². The number of aliphatic hydroxyl groups is 1. The number of hydrogen-bond donors (Lipinski definition) is 1. The van der Waals surface area contributed by atoms with Crippen LogP contribution in [0.1, 0.15) is 119 Å². The van der Waals surface area contributed by atoms with Crippen LogP contribution >= 0.6 is 0 Å². The average Bonchev–Trinajstić information content (AvgIpc) is 3.08. The zero-order valence-electron chi connectivity index (χ0n) is 22.0. The van der Waals surface area contributed by atoms with E-state index < -0.39 is 0 Å². The lowest BCUT2D eigenvalue weighted by Crippen LogP contribution is -2.56. The molecule has 4 fully saturated rings. The van der Waals surface area contributed by atoms with Crippen LogP contribution in [0.5, 0.6) is 0 Å². The van der Waals surface area contributed by atoms with Gasteiger partial charge >= 0.3 is 0 Å². The third-order valence-electron chi connectivity index (χ3n) is 12.4. The van der Waals surface area contributed by atoms with Gasteiger partial charge in [-0.05, 0) is 122 Å². The standard InChI is InChI=1S/C30H54O/c1-8-22(19(2)3)10-9-20(4)24-13-14-26-23-11-12-25-21(5)28(31)16-18-30(25,7)27(23)15-17-29(24,26)6/h19-28,31H,8-18H2,1-7H3/t20-,21+,22-,23-,24-,25+,26-,27+,28+,29-,30+/m1/s1. The molecule has 0 unspecified atom stereocenters. The fourth-order valence-corrected chi connectivity index (χ4v) is 10.4. The molecule has 11 atom stereocenters. The molecule has 4 saturated carbocycles. The van der Waals surface area contributed by atoms with Crippen LogP contribution in [-0.4, -0.2) is 11.2 Å². The minimum absolute atomic E-state index is 0.0435. The van der Waals surface area contributed by atoms with Gasteiger partial charge < -0.3 is 5.11 Å². The molecule has 4 aliphatic rings. The molecule has 0 spiro atoms. The van der Waals surface area contributed by atoms with Crippen molar-refractivity contribution in [3.05, 3.63) is 0 Å². The summed E-state index contributed by atoms with van der Waals surface area (Å²) in [7, 11) is 0. The molecule has 0 heterocycles. The molecule has 1 nitrogen and oxygen atoms in total. The molecule has 0 amide bonds. The number of hydrogen-bond acceptors (Lipinski definition) is 1. The van der Waals surface area contributed by atoms with Gasteiger partial charge in [-0.3, -0.25) is 0 Å². The molecular weight excluding hydrogens is 376 g/mol. The van der Waals surface area contributed by atoms with Crippen LogP contribution < -0.4 is 0 Å². The first-order valence-electron chi connectivity index (χ1n) is 14.3.